The van der Waals surface area contributed by atoms with E-state index in [9.17, 15) is 10.1 Å². The second-order valence-electron chi connectivity index (χ2n) is 5.58. The van der Waals surface area contributed by atoms with Crippen LogP contribution in [-0.2, 0) is 11.3 Å². The van der Waals surface area contributed by atoms with E-state index in [4.69, 9.17) is 0 Å². The number of fused-ring (bicyclic) bond motifs is 1. The lowest BCUT2D eigenvalue weighted by molar-refractivity contribution is -0.116. The molecular formula is C18H17N3OS. The molecule has 0 radical (unpaired) electrons. The van der Waals surface area contributed by atoms with Crippen molar-refractivity contribution in [2.45, 2.75) is 27.3 Å². The van der Waals surface area contributed by atoms with Crippen molar-refractivity contribution >= 4 is 33.1 Å². The Labute approximate surface area is 139 Å². The number of hydrogen-bond donors (Lipinski definition) is 1. The van der Waals surface area contributed by atoms with Crippen LogP contribution in [0.5, 0.6) is 0 Å². The van der Waals surface area contributed by atoms with Crippen molar-refractivity contribution in [3.05, 3.63) is 52.0 Å². The number of carbonyl (C=O) groups excluding carboxylic acids is 1. The molecule has 4 nitrogen and oxygen atoms in total. The Morgan fingerprint density at radius 3 is 2.78 bits per heavy atom. The third kappa shape index (κ3) is 2.73. The lowest BCUT2D eigenvalue weighted by atomic mass is 10.2. The summed E-state index contributed by atoms with van der Waals surface area (Å²) in [5.74, 6) is -0.118. The van der Waals surface area contributed by atoms with Gasteiger partial charge in [0.05, 0.1) is 5.56 Å². The SMILES string of the molecule is Cc1sc(NC(=O)Cn2c(C)cc3ccccc32)c(C#N)c1C. The number of para-hydroxylation sites is 1. The van der Waals surface area contributed by atoms with E-state index in [2.05, 4.69) is 17.5 Å². The van der Waals surface area contributed by atoms with Crippen molar-refractivity contribution in [3.63, 3.8) is 0 Å². The van der Waals surface area contributed by atoms with Gasteiger partial charge in [-0.05, 0) is 43.9 Å². The van der Waals surface area contributed by atoms with Crippen LogP contribution in [0.2, 0.25) is 0 Å². The summed E-state index contributed by atoms with van der Waals surface area (Å²) in [6.07, 6.45) is 0. The first-order valence-electron chi connectivity index (χ1n) is 7.36. The van der Waals surface area contributed by atoms with Gasteiger partial charge in [0.1, 0.15) is 17.6 Å². The van der Waals surface area contributed by atoms with E-state index >= 15 is 0 Å². The Hall–Kier alpha value is -2.58. The van der Waals surface area contributed by atoms with Gasteiger partial charge in [0, 0.05) is 16.1 Å². The van der Waals surface area contributed by atoms with Crippen LogP contribution < -0.4 is 5.32 Å². The van der Waals surface area contributed by atoms with Crippen LogP contribution in [0.25, 0.3) is 10.9 Å². The van der Waals surface area contributed by atoms with Crippen molar-refractivity contribution in [2.24, 2.45) is 0 Å². The van der Waals surface area contributed by atoms with Crippen LogP contribution in [0, 0.1) is 32.1 Å². The van der Waals surface area contributed by atoms with Crippen LogP contribution in [0.1, 0.15) is 21.7 Å². The first-order valence-corrected chi connectivity index (χ1v) is 8.17. The van der Waals surface area contributed by atoms with Crippen molar-refractivity contribution in [2.75, 3.05) is 5.32 Å². The normalized spacial score (nSPS) is 10.7. The Morgan fingerprint density at radius 2 is 2.04 bits per heavy atom. The van der Waals surface area contributed by atoms with Crippen LogP contribution in [0.4, 0.5) is 5.00 Å². The van der Waals surface area contributed by atoms with Gasteiger partial charge in [-0.3, -0.25) is 4.79 Å². The van der Waals surface area contributed by atoms with Gasteiger partial charge in [0.25, 0.3) is 0 Å². The number of aryl methyl sites for hydroxylation is 2. The zero-order valence-electron chi connectivity index (χ0n) is 13.3. The number of nitriles is 1. The third-order valence-corrected chi connectivity index (χ3v) is 5.19. The van der Waals surface area contributed by atoms with E-state index in [1.165, 1.54) is 11.3 Å². The van der Waals surface area contributed by atoms with Crippen molar-refractivity contribution in [1.82, 2.24) is 4.57 Å². The molecule has 0 aliphatic heterocycles. The zero-order chi connectivity index (χ0) is 16.6. The highest BCUT2D eigenvalue weighted by Crippen LogP contribution is 2.31. The average molecular weight is 323 g/mol. The number of hydrogen-bond acceptors (Lipinski definition) is 3. The largest absolute Gasteiger partial charge is 0.335 e. The maximum atomic E-state index is 12.4. The number of anilines is 1. The molecule has 0 aliphatic rings. The molecule has 1 aromatic carbocycles. The average Bonchev–Trinajstić information content (AvgIpc) is 2.97. The molecule has 2 heterocycles. The molecule has 3 aromatic rings. The number of aromatic nitrogens is 1. The minimum Gasteiger partial charge on any atom is -0.335 e. The summed E-state index contributed by atoms with van der Waals surface area (Å²) in [5, 5.41) is 13.9. The summed E-state index contributed by atoms with van der Waals surface area (Å²) in [5.41, 5.74) is 3.59. The van der Waals surface area contributed by atoms with E-state index in [1.54, 1.807) is 0 Å². The molecule has 0 unspecified atom stereocenters. The van der Waals surface area contributed by atoms with Gasteiger partial charge in [-0.25, -0.2) is 0 Å². The number of thiophene rings is 1. The minimum atomic E-state index is -0.118. The molecule has 0 fully saturated rings. The maximum absolute atomic E-state index is 12.4. The molecule has 0 aliphatic carbocycles. The van der Waals surface area contributed by atoms with Crippen molar-refractivity contribution in [1.29, 1.82) is 5.26 Å². The molecule has 2 aromatic heterocycles. The maximum Gasteiger partial charge on any atom is 0.244 e. The Balaban J connectivity index is 1.86. The molecule has 0 atom stereocenters. The number of carbonyl (C=O) groups is 1. The highest BCUT2D eigenvalue weighted by molar-refractivity contribution is 7.16. The molecule has 5 heteroatoms. The predicted octanol–water partition coefficient (Wildman–Crippen LogP) is 4.14. The van der Waals surface area contributed by atoms with Crippen LogP contribution in [0.15, 0.2) is 30.3 Å². The molecule has 0 saturated carbocycles. The molecule has 0 spiro atoms. The summed E-state index contributed by atoms with van der Waals surface area (Å²) >= 11 is 1.45. The number of nitrogens with zero attached hydrogens (tertiary/aromatic N) is 2. The van der Waals surface area contributed by atoms with E-state index in [1.807, 2.05) is 49.6 Å². The van der Waals surface area contributed by atoms with E-state index in [0.29, 0.717) is 10.6 Å². The number of benzene rings is 1. The summed E-state index contributed by atoms with van der Waals surface area (Å²) in [6, 6.07) is 12.3. The molecule has 0 bridgehead atoms. The standard InChI is InChI=1S/C18H17N3OS/c1-11-8-14-6-4-5-7-16(14)21(11)10-17(22)20-18-15(9-19)12(2)13(3)23-18/h4-8H,10H2,1-3H3,(H,20,22). The van der Waals surface area contributed by atoms with Crippen LogP contribution >= 0.6 is 11.3 Å². The summed E-state index contributed by atoms with van der Waals surface area (Å²) in [6.45, 7) is 6.09. The predicted molar refractivity (Wildman–Crippen MR) is 93.8 cm³/mol. The third-order valence-electron chi connectivity index (χ3n) is 4.07. The van der Waals surface area contributed by atoms with E-state index < -0.39 is 0 Å². The Morgan fingerprint density at radius 1 is 1.30 bits per heavy atom. The Bertz CT molecular complexity index is 943. The fourth-order valence-corrected chi connectivity index (χ4v) is 3.74. The van der Waals surface area contributed by atoms with E-state index in [-0.39, 0.29) is 12.5 Å². The first kappa shape index (κ1) is 15.3. The summed E-state index contributed by atoms with van der Waals surface area (Å²) in [4.78, 5) is 13.5. The zero-order valence-corrected chi connectivity index (χ0v) is 14.1. The van der Waals surface area contributed by atoms with Gasteiger partial charge < -0.3 is 9.88 Å². The lowest BCUT2D eigenvalue weighted by Gasteiger charge is -2.08. The fraction of sp³-hybridized carbons (Fsp3) is 0.222. The Kier molecular flexibility index (Phi) is 3.93. The van der Waals surface area contributed by atoms with Gasteiger partial charge >= 0.3 is 0 Å². The molecule has 1 N–H and O–H groups in total. The van der Waals surface area contributed by atoms with Crippen molar-refractivity contribution < 1.29 is 4.79 Å². The van der Waals surface area contributed by atoms with E-state index in [0.717, 1.165) is 27.0 Å². The number of amides is 1. The molecule has 23 heavy (non-hydrogen) atoms. The second kappa shape index (κ2) is 5.90. The van der Waals surface area contributed by atoms with Gasteiger partial charge in [-0.2, -0.15) is 5.26 Å². The molecule has 0 saturated heterocycles. The van der Waals surface area contributed by atoms with Gasteiger partial charge in [0.15, 0.2) is 0 Å². The molecular weight excluding hydrogens is 306 g/mol. The summed E-state index contributed by atoms with van der Waals surface area (Å²) in [7, 11) is 0. The van der Waals surface area contributed by atoms with Crippen molar-refractivity contribution in [3.8, 4) is 6.07 Å². The topological polar surface area (TPSA) is 57.8 Å². The number of rotatable bonds is 3. The summed E-state index contributed by atoms with van der Waals surface area (Å²) < 4.78 is 1.99. The fourth-order valence-electron chi connectivity index (χ4n) is 2.72. The van der Waals surface area contributed by atoms with Crippen LogP contribution in [0.3, 0.4) is 0 Å². The molecule has 3 rings (SSSR count). The minimum absolute atomic E-state index is 0.118. The van der Waals surface area contributed by atoms with Gasteiger partial charge in [-0.15, -0.1) is 11.3 Å². The van der Waals surface area contributed by atoms with Crippen LogP contribution in [-0.4, -0.2) is 10.5 Å². The monoisotopic (exact) mass is 323 g/mol. The van der Waals surface area contributed by atoms with Gasteiger partial charge in [-0.1, -0.05) is 18.2 Å². The highest BCUT2D eigenvalue weighted by Gasteiger charge is 2.16. The first-order chi connectivity index (χ1) is 11.0. The lowest BCUT2D eigenvalue weighted by Crippen LogP contribution is -2.19. The molecule has 1 amide bonds. The quantitative estimate of drug-likeness (QED) is 0.787. The number of nitrogens with one attached hydrogen (secondary N) is 1. The van der Waals surface area contributed by atoms with Gasteiger partial charge in [0.2, 0.25) is 5.91 Å². The smallest absolute Gasteiger partial charge is 0.244 e. The molecule has 116 valence electrons. The second-order valence-corrected chi connectivity index (χ2v) is 6.80. The highest BCUT2D eigenvalue weighted by atomic mass is 32.1.